The topological polar surface area (TPSA) is 38.7 Å². The smallest absolute Gasteiger partial charge is 0.414 e. The van der Waals surface area contributed by atoms with Crippen LogP contribution in [0.5, 0.6) is 5.75 Å². The Morgan fingerprint density at radius 1 is 1.26 bits per heavy atom. The van der Waals surface area contributed by atoms with Gasteiger partial charge in [0.1, 0.15) is 11.9 Å². The molecule has 0 saturated heterocycles. The summed E-state index contributed by atoms with van der Waals surface area (Å²) in [4.78, 5) is 0. The summed E-state index contributed by atoms with van der Waals surface area (Å²) < 4.78 is 46.7. The van der Waals surface area contributed by atoms with Crippen LogP contribution in [-0.2, 0) is 4.74 Å². The first-order valence-electron chi connectivity index (χ1n) is 5.94. The van der Waals surface area contributed by atoms with Crippen LogP contribution in [-0.4, -0.2) is 30.6 Å². The van der Waals surface area contributed by atoms with Crippen molar-refractivity contribution in [3.8, 4) is 5.75 Å². The molecule has 2 unspecified atom stereocenters. The van der Waals surface area contributed by atoms with Crippen molar-refractivity contribution < 1.29 is 27.8 Å². The number of rotatable bonds is 6. The lowest BCUT2D eigenvalue weighted by Gasteiger charge is -2.20. The van der Waals surface area contributed by atoms with Crippen molar-refractivity contribution in [2.24, 2.45) is 0 Å². The molecule has 0 radical (unpaired) electrons. The first-order valence-corrected chi connectivity index (χ1v) is 5.94. The highest BCUT2D eigenvalue weighted by atomic mass is 19.4. The minimum Gasteiger partial charge on any atom is -0.493 e. The standard InChI is InChI=1S/C13H17F3O3/c1-3-18-12-7-5-4-6-10(12)11(17)8-19-9(2)13(14,15)16/h4-7,9,11,17H,3,8H2,1-2H3. The van der Waals surface area contributed by atoms with Crippen molar-refractivity contribution in [2.45, 2.75) is 32.2 Å². The van der Waals surface area contributed by atoms with Crippen LogP contribution in [0.2, 0.25) is 0 Å². The highest BCUT2D eigenvalue weighted by Gasteiger charge is 2.37. The van der Waals surface area contributed by atoms with Crippen LogP contribution in [0, 0.1) is 0 Å². The molecule has 3 nitrogen and oxygen atoms in total. The number of ether oxygens (including phenoxy) is 2. The Balaban J connectivity index is 2.65. The molecule has 0 heterocycles. The van der Waals surface area contributed by atoms with Gasteiger partial charge in [-0.15, -0.1) is 0 Å². The largest absolute Gasteiger partial charge is 0.493 e. The van der Waals surface area contributed by atoms with Crippen LogP contribution in [0.25, 0.3) is 0 Å². The lowest BCUT2D eigenvalue weighted by atomic mass is 10.1. The SMILES string of the molecule is CCOc1ccccc1C(O)COC(C)C(F)(F)F. The lowest BCUT2D eigenvalue weighted by Crippen LogP contribution is -2.30. The zero-order valence-corrected chi connectivity index (χ0v) is 10.8. The molecule has 1 aromatic carbocycles. The molecule has 1 aromatic rings. The minimum absolute atomic E-state index is 0.406. The third-order valence-electron chi connectivity index (χ3n) is 2.54. The molecule has 0 aliphatic carbocycles. The van der Waals surface area contributed by atoms with Crippen molar-refractivity contribution in [2.75, 3.05) is 13.2 Å². The number of alkyl halides is 3. The average Bonchev–Trinajstić information content (AvgIpc) is 2.35. The molecule has 0 amide bonds. The number of para-hydroxylation sites is 1. The molecule has 0 bridgehead atoms. The van der Waals surface area contributed by atoms with Crippen molar-refractivity contribution in [3.63, 3.8) is 0 Å². The van der Waals surface area contributed by atoms with Gasteiger partial charge >= 0.3 is 6.18 Å². The molecule has 2 atom stereocenters. The summed E-state index contributed by atoms with van der Waals surface area (Å²) in [6, 6.07) is 6.64. The Bertz CT molecular complexity index is 393. The van der Waals surface area contributed by atoms with E-state index in [1.807, 2.05) is 0 Å². The Morgan fingerprint density at radius 3 is 2.47 bits per heavy atom. The zero-order chi connectivity index (χ0) is 14.5. The van der Waals surface area contributed by atoms with Crippen LogP contribution in [0.3, 0.4) is 0 Å². The van der Waals surface area contributed by atoms with E-state index in [4.69, 9.17) is 4.74 Å². The van der Waals surface area contributed by atoms with Gasteiger partial charge in [-0.05, 0) is 19.9 Å². The molecule has 1 N–H and O–H groups in total. The Labute approximate surface area is 110 Å². The van der Waals surface area contributed by atoms with Crippen molar-refractivity contribution in [1.29, 1.82) is 0 Å². The van der Waals surface area contributed by atoms with Crippen molar-refractivity contribution in [1.82, 2.24) is 0 Å². The predicted molar refractivity (Wildman–Crippen MR) is 64.0 cm³/mol. The zero-order valence-electron chi connectivity index (χ0n) is 10.8. The van der Waals surface area contributed by atoms with Crippen LogP contribution in [0.1, 0.15) is 25.5 Å². The van der Waals surface area contributed by atoms with Crippen molar-refractivity contribution in [3.05, 3.63) is 29.8 Å². The quantitative estimate of drug-likeness (QED) is 0.869. The maximum absolute atomic E-state index is 12.3. The van der Waals surface area contributed by atoms with E-state index in [1.54, 1.807) is 31.2 Å². The number of benzene rings is 1. The normalized spacial score (nSPS) is 15.1. The maximum atomic E-state index is 12.3. The first-order chi connectivity index (χ1) is 8.86. The lowest BCUT2D eigenvalue weighted by molar-refractivity contribution is -0.219. The third-order valence-corrected chi connectivity index (χ3v) is 2.54. The number of aliphatic hydroxyl groups excluding tert-OH is 1. The molecule has 0 aliphatic heterocycles. The minimum atomic E-state index is -4.43. The van der Waals surface area contributed by atoms with Gasteiger partial charge in [0.2, 0.25) is 0 Å². The Hall–Kier alpha value is -1.27. The number of hydrogen-bond donors (Lipinski definition) is 1. The summed E-state index contributed by atoms with van der Waals surface area (Å²) in [7, 11) is 0. The summed E-state index contributed by atoms with van der Waals surface area (Å²) in [5.41, 5.74) is 0.415. The van der Waals surface area contributed by atoms with Crippen LogP contribution in [0.15, 0.2) is 24.3 Å². The molecule has 19 heavy (non-hydrogen) atoms. The van der Waals surface area contributed by atoms with E-state index >= 15 is 0 Å². The van der Waals surface area contributed by atoms with E-state index in [-0.39, 0.29) is 0 Å². The second-order valence-corrected chi connectivity index (χ2v) is 4.00. The summed E-state index contributed by atoms with van der Waals surface area (Å²) in [6.07, 6.45) is -7.51. The summed E-state index contributed by atoms with van der Waals surface area (Å²) in [6.45, 7) is 2.65. The molecular formula is C13H17F3O3. The van der Waals surface area contributed by atoms with E-state index in [0.717, 1.165) is 6.92 Å². The fraction of sp³-hybridized carbons (Fsp3) is 0.538. The highest BCUT2D eigenvalue weighted by molar-refractivity contribution is 5.35. The molecule has 0 fully saturated rings. The summed E-state index contributed by atoms with van der Waals surface area (Å²) >= 11 is 0. The highest BCUT2D eigenvalue weighted by Crippen LogP contribution is 2.27. The Kier molecular flexibility index (Phi) is 5.62. The van der Waals surface area contributed by atoms with Gasteiger partial charge in [0.05, 0.1) is 13.2 Å². The van der Waals surface area contributed by atoms with Gasteiger partial charge in [0, 0.05) is 5.56 Å². The number of hydrogen-bond acceptors (Lipinski definition) is 3. The van der Waals surface area contributed by atoms with Crippen LogP contribution < -0.4 is 4.74 Å². The molecule has 0 aromatic heterocycles. The van der Waals surface area contributed by atoms with Gasteiger partial charge in [-0.3, -0.25) is 0 Å². The van der Waals surface area contributed by atoms with Crippen LogP contribution >= 0.6 is 0 Å². The predicted octanol–water partition coefficient (Wildman–Crippen LogP) is 3.09. The molecule has 1 rings (SSSR count). The summed E-state index contributed by atoms with van der Waals surface area (Å²) in [5, 5.41) is 9.87. The average molecular weight is 278 g/mol. The van der Waals surface area contributed by atoms with E-state index in [2.05, 4.69) is 4.74 Å². The fourth-order valence-corrected chi connectivity index (χ4v) is 1.46. The number of aliphatic hydroxyl groups is 1. The Morgan fingerprint density at radius 2 is 1.89 bits per heavy atom. The van der Waals surface area contributed by atoms with E-state index in [9.17, 15) is 18.3 Å². The second kappa shape index (κ2) is 6.77. The van der Waals surface area contributed by atoms with Crippen molar-refractivity contribution >= 4 is 0 Å². The van der Waals surface area contributed by atoms with Gasteiger partial charge in [-0.25, -0.2) is 0 Å². The third kappa shape index (κ3) is 4.72. The van der Waals surface area contributed by atoms with Gasteiger partial charge in [0.25, 0.3) is 0 Å². The van der Waals surface area contributed by atoms with Gasteiger partial charge < -0.3 is 14.6 Å². The van der Waals surface area contributed by atoms with Gasteiger partial charge in [-0.1, -0.05) is 18.2 Å². The monoisotopic (exact) mass is 278 g/mol. The first kappa shape index (κ1) is 15.8. The van der Waals surface area contributed by atoms with E-state index < -0.39 is 25.0 Å². The van der Waals surface area contributed by atoms with Gasteiger partial charge in [-0.2, -0.15) is 13.2 Å². The van der Waals surface area contributed by atoms with Gasteiger partial charge in [0.15, 0.2) is 6.10 Å². The van der Waals surface area contributed by atoms with Crippen LogP contribution in [0.4, 0.5) is 13.2 Å². The second-order valence-electron chi connectivity index (χ2n) is 4.00. The fourth-order valence-electron chi connectivity index (χ4n) is 1.46. The number of halogens is 3. The summed E-state index contributed by atoms with van der Waals surface area (Å²) in [5.74, 6) is 0.445. The van der Waals surface area contributed by atoms with E-state index in [0.29, 0.717) is 17.9 Å². The molecule has 0 spiro atoms. The molecule has 108 valence electrons. The molecule has 0 aliphatic rings. The molecular weight excluding hydrogens is 261 g/mol. The molecule has 6 heteroatoms. The van der Waals surface area contributed by atoms with E-state index in [1.165, 1.54) is 0 Å². The maximum Gasteiger partial charge on any atom is 0.414 e. The molecule has 0 saturated carbocycles.